The highest BCUT2D eigenvalue weighted by Crippen LogP contribution is 2.35. The number of aryl methyl sites for hydroxylation is 1. The van der Waals surface area contributed by atoms with E-state index in [1.54, 1.807) is 11.3 Å². The molecule has 0 saturated carbocycles. The molecule has 3 N–H and O–H groups in total. The summed E-state index contributed by atoms with van der Waals surface area (Å²) in [5, 5.41) is 2.82. The Bertz CT molecular complexity index is 566. The van der Waals surface area contributed by atoms with Gasteiger partial charge in [-0.15, -0.1) is 11.3 Å². The fourth-order valence-electron chi connectivity index (χ4n) is 1.98. The van der Waals surface area contributed by atoms with Crippen molar-refractivity contribution in [3.05, 3.63) is 50.7 Å². The van der Waals surface area contributed by atoms with Gasteiger partial charge < -0.3 is 4.74 Å². The molecule has 0 aliphatic heterocycles. The summed E-state index contributed by atoms with van der Waals surface area (Å²) < 4.78 is 5.64. The summed E-state index contributed by atoms with van der Waals surface area (Å²) in [6.45, 7) is 6.01. The number of ether oxygens (including phenoxy) is 1. The Morgan fingerprint density at radius 2 is 1.90 bits per heavy atom. The lowest BCUT2D eigenvalue weighted by atomic mass is 10.1. The molecule has 2 aromatic rings. The first-order valence-electron chi connectivity index (χ1n) is 6.49. The van der Waals surface area contributed by atoms with Crippen LogP contribution in [0.25, 0.3) is 0 Å². The summed E-state index contributed by atoms with van der Waals surface area (Å²) in [6, 6.07) is 7.82. The Balaban J connectivity index is 2.26. The van der Waals surface area contributed by atoms with Crippen LogP contribution in [-0.2, 0) is 0 Å². The minimum absolute atomic E-state index is 0.103. The van der Waals surface area contributed by atoms with Crippen LogP contribution in [0.2, 0.25) is 5.02 Å². The Morgan fingerprint density at radius 3 is 2.35 bits per heavy atom. The van der Waals surface area contributed by atoms with Crippen LogP contribution in [-0.4, -0.2) is 6.10 Å². The van der Waals surface area contributed by atoms with Crippen molar-refractivity contribution in [3.63, 3.8) is 0 Å². The molecule has 108 valence electrons. The minimum atomic E-state index is -0.103. The third-order valence-corrected chi connectivity index (χ3v) is 4.72. The highest BCUT2D eigenvalue weighted by atomic mass is 35.5. The van der Waals surface area contributed by atoms with Gasteiger partial charge in [0.05, 0.1) is 17.2 Å². The second-order valence-corrected chi connectivity index (χ2v) is 6.22. The van der Waals surface area contributed by atoms with Crippen molar-refractivity contribution < 1.29 is 4.74 Å². The molecule has 1 atom stereocenters. The van der Waals surface area contributed by atoms with Gasteiger partial charge in [-0.05, 0) is 49.4 Å². The van der Waals surface area contributed by atoms with Crippen LogP contribution in [0, 0.1) is 6.92 Å². The zero-order valence-electron chi connectivity index (χ0n) is 11.8. The van der Waals surface area contributed by atoms with Gasteiger partial charge in [0, 0.05) is 4.88 Å². The van der Waals surface area contributed by atoms with E-state index in [-0.39, 0.29) is 12.1 Å². The normalized spacial score (nSPS) is 12.7. The zero-order valence-corrected chi connectivity index (χ0v) is 13.4. The van der Waals surface area contributed by atoms with E-state index in [2.05, 4.69) is 5.43 Å². The molecule has 1 aromatic carbocycles. The van der Waals surface area contributed by atoms with Gasteiger partial charge in [0.1, 0.15) is 5.75 Å². The van der Waals surface area contributed by atoms with E-state index < -0.39 is 0 Å². The van der Waals surface area contributed by atoms with Crippen molar-refractivity contribution in [1.82, 2.24) is 5.43 Å². The molecule has 0 fully saturated rings. The van der Waals surface area contributed by atoms with E-state index in [1.807, 2.05) is 50.4 Å². The maximum absolute atomic E-state index is 6.32. The van der Waals surface area contributed by atoms with Gasteiger partial charge >= 0.3 is 0 Å². The summed E-state index contributed by atoms with van der Waals surface area (Å²) in [6.07, 6.45) is 0.165. The first-order chi connectivity index (χ1) is 9.52. The van der Waals surface area contributed by atoms with Crippen molar-refractivity contribution in [1.29, 1.82) is 0 Å². The third-order valence-electron chi connectivity index (χ3n) is 2.94. The smallest absolute Gasteiger partial charge is 0.119 e. The molecule has 0 spiro atoms. The topological polar surface area (TPSA) is 47.3 Å². The Morgan fingerprint density at radius 1 is 1.25 bits per heavy atom. The van der Waals surface area contributed by atoms with Gasteiger partial charge in [0.15, 0.2) is 0 Å². The molecule has 3 nitrogen and oxygen atoms in total. The van der Waals surface area contributed by atoms with Gasteiger partial charge in [-0.2, -0.15) is 0 Å². The number of halogens is 1. The van der Waals surface area contributed by atoms with Crippen LogP contribution >= 0.6 is 22.9 Å². The van der Waals surface area contributed by atoms with Crippen LogP contribution in [0.4, 0.5) is 0 Å². The van der Waals surface area contributed by atoms with Gasteiger partial charge in [-0.25, -0.2) is 5.43 Å². The fourth-order valence-corrected chi connectivity index (χ4v) is 3.37. The molecule has 5 heteroatoms. The Kier molecular flexibility index (Phi) is 5.05. The molecule has 0 amide bonds. The molecule has 0 radical (unpaired) electrons. The predicted molar refractivity (Wildman–Crippen MR) is 85.4 cm³/mol. The maximum atomic E-state index is 6.32. The molecule has 0 saturated heterocycles. The molecular weight excluding hydrogens is 292 g/mol. The predicted octanol–water partition coefficient (Wildman–Crippen LogP) is 4.05. The van der Waals surface area contributed by atoms with Gasteiger partial charge in [-0.3, -0.25) is 5.84 Å². The number of hydrogen-bond donors (Lipinski definition) is 2. The number of nitrogens with two attached hydrogens (primary N) is 1. The van der Waals surface area contributed by atoms with Crippen LogP contribution in [0.5, 0.6) is 5.75 Å². The lowest BCUT2D eigenvalue weighted by Gasteiger charge is -2.17. The summed E-state index contributed by atoms with van der Waals surface area (Å²) >= 11 is 7.94. The molecule has 0 aliphatic rings. The third kappa shape index (κ3) is 3.33. The number of hydrazine groups is 1. The van der Waals surface area contributed by atoms with Crippen molar-refractivity contribution >= 4 is 22.9 Å². The number of nitrogens with one attached hydrogen (secondary N) is 1. The lowest BCUT2D eigenvalue weighted by Crippen LogP contribution is -2.28. The van der Waals surface area contributed by atoms with E-state index in [4.69, 9.17) is 22.2 Å². The van der Waals surface area contributed by atoms with Crippen molar-refractivity contribution in [2.24, 2.45) is 5.84 Å². The van der Waals surface area contributed by atoms with Crippen LogP contribution in [0.1, 0.15) is 35.9 Å². The van der Waals surface area contributed by atoms with Crippen molar-refractivity contribution in [3.8, 4) is 5.75 Å². The first-order valence-corrected chi connectivity index (χ1v) is 7.75. The lowest BCUT2D eigenvalue weighted by molar-refractivity contribution is 0.242. The van der Waals surface area contributed by atoms with E-state index >= 15 is 0 Å². The second kappa shape index (κ2) is 6.59. The molecule has 0 bridgehead atoms. The van der Waals surface area contributed by atoms with Crippen LogP contribution in [0.15, 0.2) is 29.6 Å². The fraction of sp³-hybridized carbons (Fsp3) is 0.333. The summed E-state index contributed by atoms with van der Waals surface area (Å²) in [7, 11) is 0. The summed E-state index contributed by atoms with van der Waals surface area (Å²) in [5.74, 6) is 6.56. The monoisotopic (exact) mass is 310 g/mol. The summed E-state index contributed by atoms with van der Waals surface area (Å²) in [5.41, 5.74) is 4.97. The SMILES string of the molecule is Cc1csc(C(NN)c2ccc(OC(C)C)cc2)c1Cl. The molecular formula is C15H19ClN2OS. The average molecular weight is 311 g/mol. The molecule has 2 rings (SSSR count). The maximum Gasteiger partial charge on any atom is 0.119 e. The zero-order chi connectivity index (χ0) is 14.7. The van der Waals surface area contributed by atoms with E-state index in [1.165, 1.54) is 0 Å². The van der Waals surface area contributed by atoms with Gasteiger partial charge in [0.2, 0.25) is 0 Å². The van der Waals surface area contributed by atoms with Gasteiger partial charge in [0.25, 0.3) is 0 Å². The van der Waals surface area contributed by atoms with Crippen molar-refractivity contribution in [2.75, 3.05) is 0 Å². The van der Waals surface area contributed by atoms with E-state index in [0.29, 0.717) is 0 Å². The molecule has 0 aliphatic carbocycles. The second-order valence-electron chi connectivity index (χ2n) is 4.93. The van der Waals surface area contributed by atoms with E-state index in [9.17, 15) is 0 Å². The number of thiophene rings is 1. The largest absolute Gasteiger partial charge is 0.491 e. The van der Waals surface area contributed by atoms with Crippen molar-refractivity contribution in [2.45, 2.75) is 32.9 Å². The molecule has 1 unspecified atom stereocenters. The molecule has 1 heterocycles. The van der Waals surface area contributed by atoms with Crippen LogP contribution in [0.3, 0.4) is 0 Å². The standard InChI is InChI=1S/C15H19ClN2OS/c1-9(2)19-12-6-4-11(5-7-12)14(18-17)15-13(16)10(3)8-20-15/h4-9,14,18H,17H2,1-3H3. The molecule has 1 aromatic heterocycles. The van der Waals surface area contributed by atoms with E-state index in [0.717, 1.165) is 26.8 Å². The number of benzene rings is 1. The first kappa shape index (κ1) is 15.3. The quantitative estimate of drug-likeness (QED) is 0.647. The minimum Gasteiger partial charge on any atom is -0.491 e. The summed E-state index contributed by atoms with van der Waals surface area (Å²) in [4.78, 5) is 1.03. The molecule has 20 heavy (non-hydrogen) atoms. The number of rotatable bonds is 5. The highest BCUT2D eigenvalue weighted by molar-refractivity contribution is 7.10. The Labute approximate surface area is 128 Å². The number of hydrogen-bond acceptors (Lipinski definition) is 4. The Hall–Kier alpha value is -1.07. The average Bonchev–Trinajstić information content (AvgIpc) is 2.73. The van der Waals surface area contributed by atoms with Gasteiger partial charge in [-0.1, -0.05) is 23.7 Å². The highest BCUT2D eigenvalue weighted by Gasteiger charge is 2.18. The van der Waals surface area contributed by atoms with Crippen LogP contribution < -0.4 is 16.0 Å².